The van der Waals surface area contributed by atoms with Crippen molar-refractivity contribution < 1.29 is 13.2 Å². The van der Waals surface area contributed by atoms with Crippen LogP contribution >= 0.6 is 24.0 Å². The van der Waals surface area contributed by atoms with Gasteiger partial charge in [0.25, 0.3) is 0 Å². The summed E-state index contributed by atoms with van der Waals surface area (Å²) in [5, 5.41) is 9.30. The Hall–Kier alpha value is -1.36. The number of nitrogens with one attached hydrogen (secondary N) is 3. The van der Waals surface area contributed by atoms with Crippen LogP contribution in [0.1, 0.15) is 39.2 Å². The third-order valence-electron chi connectivity index (χ3n) is 4.03. The number of hydrogen-bond donors (Lipinski definition) is 3. The second kappa shape index (κ2) is 13.8. The van der Waals surface area contributed by atoms with Crippen molar-refractivity contribution in [1.29, 1.82) is 0 Å². The number of nitrogens with zero attached hydrogens (tertiary/aromatic N) is 1. The van der Waals surface area contributed by atoms with Crippen LogP contribution in [0.3, 0.4) is 0 Å². The maximum absolute atomic E-state index is 11.8. The van der Waals surface area contributed by atoms with Gasteiger partial charge >= 0.3 is 0 Å². The van der Waals surface area contributed by atoms with Gasteiger partial charge in [0.15, 0.2) is 15.8 Å². The molecule has 0 spiro atoms. The van der Waals surface area contributed by atoms with Crippen molar-refractivity contribution in [2.45, 2.75) is 51.0 Å². The van der Waals surface area contributed by atoms with Crippen LogP contribution in [0, 0.1) is 0 Å². The highest BCUT2D eigenvalue weighted by molar-refractivity contribution is 14.0. The van der Waals surface area contributed by atoms with Crippen LogP contribution in [0.4, 0.5) is 0 Å². The van der Waals surface area contributed by atoms with E-state index < -0.39 is 9.84 Å². The van der Waals surface area contributed by atoms with Crippen LogP contribution in [0.2, 0.25) is 0 Å². The van der Waals surface area contributed by atoms with Crippen LogP contribution in [0.25, 0.3) is 0 Å². The molecule has 0 aliphatic carbocycles. The second-order valence-electron chi connectivity index (χ2n) is 6.48. The van der Waals surface area contributed by atoms with Crippen molar-refractivity contribution in [3.63, 3.8) is 0 Å². The van der Waals surface area contributed by atoms with Crippen molar-refractivity contribution in [2.24, 2.45) is 4.99 Å². The first-order valence-corrected chi connectivity index (χ1v) is 11.3. The number of hydrogen-bond acceptors (Lipinski definition) is 4. The molecule has 28 heavy (non-hydrogen) atoms. The normalized spacial score (nSPS) is 12.6. The van der Waals surface area contributed by atoms with Crippen molar-refractivity contribution in [2.75, 3.05) is 25.9 Å². The molecule has 0 aliphatic rings. The van der Waals surface area contributed by atoms with Gasteiger partial charge in [-0.2, -0.15) is 0 Å². The molecule has 9 heteroatoms. The molecule has 3 N–H and O–H groups in total. The largest absolute Gasteiger partial charge is 0.357 e. The minimum absolute atomic E-state index is 0. The van der Waals surface area contributed by atoms with Crippen LogP contribution < -0.4 is 16.0 Å². The average Bonchev–Trinajstić information content (AvgIpc) is 2.61. The van der Waals surface area contributed by atoms with Crippen LogP contribution in [-0.4, -0.2) is 52.2 Å². The number of guanidine groups is 1. The second-order valence-corrected chi connectivity index (χ2v) is 8.50. The SMILES string of the molecule is CCNC(=NCCC(=O)NC(C)CC)NCCc1ccc(S(C)(=O)=O)cc1.I. The van der Waals surface area contributed by atoms with Gasteiger partial charge in [-0.15, -0.1) is 24.0 Å². The predicted octanol–water partition coefficient (Wildman–Crippen LogP) is 2.11. The standard InChI is InChI=1S/C19H32N4O3S.HI/c1-5-15(3)23-18(24)12-14-22-19(20-6-2)21-13-11-16-7-9-17(10-8-16)27(4,25)26;/h7-10,15H,5-6,11-14H2,1-4H3,(H,23,24)(H2,20,21,22);1H. The van der Waals surface area contributed by atoms with Gasteiger partial charge in [-0.1, -0.05) is 19.1 Å². The van der Waals surface area contributed by atoms with E-state index in [2.05, 4.69) is 20.9 Å². The maximum atomic E-state index is 11.8. The van der Waals surface area contributed by atoms with E-state index in [1.807, 2.05) is 32.9 Å². The number of rotatable bonds is 10. The first-order valence-electron chi connectivity index (χ1n) is 9.36. The van der Waals surface area contributed by atoms with Crippen molar-refractivity contribution in [3.8, 4) is 0 Å². The summed E-state index contributed by atoms with van der Waals surface area (Å²) in [4.78, 5) is 16.5. The molecule has 0 saturated carbocycles. The van der Waals surface area contributed by atoms with Gasteiger partial charge in [-0.25, -0.2) is 8.42 Å². The molecule has 1 aromatic carbocycles. The van der Waals surface area contributed by atoms with Gasteiger partial charge < -0.3 is 16.0 Å². The lowest BCUT2D eigenvalue weighted by molar-refractivity contribution is -0.121. The van der Waals surface area contributed by atoms with Crippen LogP contribution in [0.15, 0.2) is 34.2 Å². The lowest BCUT2D eigenvalue weighted by Crippen LogP contribution is -2.38. The van der Waals surface area contributed by atoms with E-state index in [0.717, 1.165) is 24.9 Å². The monoisotopic (exact) mass is 524 g/mol. The summed E-state index contributed by atoms with van der Waals surface area (Å²) < 4.78 is 23.0. The minimum Gasteiger partial charge on any atom is -0.357 e. The topological polar surface area (TPSA) is 99.7 Å². The number of benzene rings is 1. The number of carbonyl (C=O) groups excluding carboxylic acids is 1. The fourth-order valence-electron chi connectivity index (χ4n) is 2.29. The molecule has 0 saturated heterocycles. The molecule has 1 unspecified atom stereocenters. The minimum atomic E-state index is -3.17. The molecule has 0 bridgehead atoms. The van der Waals surface area contributed by atoms with E-state index in [4.69, 9.17) is 0 Å². The summed E-state index contributed by atoms with van der Waals surface area (Å²) in [7, 11) is -3.17. The molecule has 0 heterocycles. The lowest BCUT2D eigenvalue weighted by Gasteiger charge is -2.12. The first-order chi connectivity index (χ1) is 12.8. The van der Waals surface area contributed by atoms with Crippen molar-refractivity contribution in [1.82, 2.24) is 16.0 Å². The zero-order chi connectivity index (χ0) is 20.3. The Balaban J connectivity index is 0.00000729. The molecular weight excluding hydrogens is 491 g/mol. The van der Waals surface area contributed by atoms with Crippen LogP contribution in [0.5, 0.6) is 0 Å². The number of sulfone groups is 1. The Morgan fingerprint density at radius 1 is 1.14 bits per heavy atom. The predicted molar refractivity (Wildman–Crippen MR) is 125 cm³/mol. The molecule has 0 aliphatic heterocycles. The lowest BCUT2D eigenvalue weighted by atomic mass is 10.1. The Kier molecular flexibility index (Phi) is 13.1. The molecule has 160 valence electrons. The van der Waals surface area contributed by atoms with Gasteiger partial charge in [-0.05, 0) is 44.4 Å². The van der Waals surface area contributed by atoms with E-state index in [9.17, 15) is 13.2 Å². The smallest absolute Gasteiger partial charge is 0.222 e. The van der Waals surface area contributed by atoms with Crippen LogP contribution in [-0.2, 0) is 21.1 Å². The van der Waals surface area contributed by atoms with Gasteiger partial charge in [-0.3, -0.25) is 9.79 Å². The highest BCUT2D eigenvalue weighted by atomic mass is 127. The summed E-state index contributed by atoms with van der Waals surface area (Å²) >= 11 is 0. The van der Waals surface area contributed by atoms with Crippen molar-refractivity contribution in [3.05, 3.63) is 29.8 Å². The number of carbonyl (C=O) groups is 1. The highest BCUT2D eigenvalue weighted by Gasteiger charge is 2.07. The molecule has 1 amide bonds. The number of halogens is 1. The Labute approximate surface area is 186 Å². The van der Waals surface area contributed by atoms with E-state index in [1.54, 1.807) is 12.1 Å². The van der Waals surface area contributed by atoms with E-state index in [-0.39, 0.29) is 35.9 Å². The fourth-order valence-corrected chi connectivity index (χ4v) is 2.92. The zero-order valence-corrected chi connectivity index (χ0v) is 20.3. The number of aliphatic imine (C=N–C) groups is 1. The Morgan fingerprint density at radius 3 is 2.32 bits per heavy atom. The van der Waals surface area contributed by atoms with Gasteiger partial charge in [0.05, 0.1) is 11.4 Å². The Bertz CT molecular complexity index is 721. The third kappa shape index (κ3) is 10.8. The zero-order valence-electron chi connectivity index (χ0n) is 17.1. The summed E-state index contributed by atoms with van der Waals surface area (Å²) in [5.41, 5.74) is 1.04. The van der Waals surface area contributed by atoms with Gasteiger partial charge in [0.1, 0.15) is 0 Å². The molecule has 0 fully saturated rings. The molecule has 7 nitrogen and oxygen atoms in total. The fraction of sp³-hybridized carbons (Fsp3) is 0.579. The highest BCUT2D eigenvalue weighted by Crippen LogP contribution is 2.10. The van der Waals surface area contributed by atoms with E-state index in [0.29, 0.717) is 30.4 Å². The first kappa shape index (κ1) is 26.6. The van der Waals surface area contributed by atoms with E-state index in [1.165, 1.54) is 6.26 Å². The van der Waals surface area contributed by atoms with Gasteiger partial charge in [0, 0.05) is 31.8 Å². The van der Waals surface area contributed by atoms with Gasteiger partial charge in [0.2, 0.25) is 5.91 Å². The molecule has 1 rings (SSSR count). The molecular formula is C19H33IN4O3S. The van der Waals surface area contributed by atoms with Crippen molar-refractivity contribution >= 4 is 45.7 Å². The third-order valence-corrected chi connectivity index (χ3v) is 5.16. The molecule has 1 aromatic rings. The summed E-state index contributed by atoms with van der Waals surface area (Å²) in [6, 6.07) is 7.07. The quantitative estimate of drug-likeness (QED) is 0.248. The maximum Gasteiger partial charge on any atom is 0.222 e. The molecule has 0 aromatic heterocycles. The summed E-state index contributed by atoms with van der Waals surface area (Å²) in [5.74, 6) is 0.677. The summed E-state index contributed by atoms with van der Waals surface area (Å²) in [6.45, 7) is 7.80. The van der Waals surface area contributed by atoms with E-state index >= 15 is 0 Å². The number of amides is 1. The molecule has 0 radical (unpaired) electrons. The Morgan fingerprint density at radius 2 is 1.79 bits per heavy atom. The average molecular weight is 524 g/mol. The summed E-state index contributed by atoms with van der Waals surface area (Å²) in [6.07, 6.45) is 3.20. The molecule has 1 atom stereocenters.